The fourth-order valence-electron chi connectivity index (χ4n) is 0.967. The Labute approximate surface area is 87.5 Å². The molecule has 0 heterocycles. The molecule has 3 nitrogen and oxygen atoms in total. The summed E-state index contributed by atoms with van der Waals surface area (Å²) in [5, 5.41) is 20.5. The highest BCUT2D eigenvalue weighted by molar-refractivity contribution is 6.33. The average molecular weight is 206 g/mol. The molecule has 0 aromatic heterocycles. The zero-order valence-corrected chi connectivity index (χ0v) is 8.34. The first kappa shape index (κ1) is 10.4. The molecule has 0 aliphatic rings. The molecule has 1 rings (SSSR count). The molecule has 0 radical (unpaired) electrons. The number of nitriles is 2. The van der Waals surface area contributed by atoms with Gasteiger partial charge in [-0.25, -0.2) is 0 Å². The summed E-state index contributed by atoms with van der Waals surface area (Å²) < 4.78 is 0. The summed E-state index contributed by atoms with van der Waals surface area (Å²) in [6.45, 7) is 1.73. The molecule has 1 unspecified atom stereocenters. The van der Waals surface area contributed by atoms with Crippen molar-refractivity contribution in [2.75, 3.05) is 5.32 Å². The van der Waals surface area contributed by atoms with E-state index in [1.54, 1.807) is 25.1 Å². The topological polar surface area (TPSA) is 59.6 Å². The molecule has 1 aromatic carbocycles. The predicted molar refractivity (Wildman–Crippen MR) is 54.9 cm³/mol. The Balaban J connectivity index is 2.92. The smallest absolute Gasteiger partial charge is 0.111 e. The molecule has 0 saturated carbocycles. The molecule has 0 spiro atoms. The molecule has 0 aliphatic heterocycles. The minimum atomic E-state index is -0.305. The van der Waals surface area contributed by atoms with Crippen LogP contribution in [-0.2, 0) is 0 Å². The SMILES string of the molecule is CC(C#N)Nc1ccc(C#N)cc1Cl. The molecule has 70 valence electrons. The second-order valence-electron chi connectivity index (χ2n) is 2.80. The van der Waals surface area contributed by atoms with Gasteiger partial charge in [0, 0.05) is 0 Å². The largest absolute Gasteiger partial charge is 0.369 e. The summed E-state index contributed by atoms with van der Waals surface area (Å²) in [6, 6.07) is 8.62. The van der Waals surface area contributed by atoms with Crippen LogP contribution in [0.5, 0.6) is 0 Å². The lowest BCUT2D eigenvalue weighted by Gasteiger charge is -2.09. The fraction of sp³-hybridized carbons (Fsp3) is 0.200. The van der Waals surface area contributed by atoms with Gasteiger partial charge in [0.05, 0.1) is 28.4 Å². The van der Waals surface area contributed by atoms with E-state index in [1.165, 1.54) is 0 Å². The highest BCUT2D eigenvalue weighted by Gasteiger charge is 2.04. The van der Waals surface area contributed by atoms with Gasteiger partial charge in [0.2, 0.25) is 0 Å². The van der Waals surface area contributed by atoms with Gasteiger partial charge in [0.25, 0.3) is 0 Å². The summed E-state index contributed by atoms with van der Waals surface area (Å²) in [4.78, 5) is 0. The van der Waals surface area contributed by atoms with Crippen LogP contribution >= 0.6 is 11.6 Å². The van der Waals surface area contributed by atoms with Crippen molar-refractivity contribution in [3.05, 3.63) is 28.8 Å². The van der Waals surface area contributed by atoms with Gasteiger partial charge in [0.1, 0.15) is 6.04 Å². The third-order valence-electron chi connectivity index (χ3n) is 1.66. The highest BCUT2D eigenvalue weighted by atomic mass is 35.5. The molecule has 0 aliphatic carbocycles. The summed E-state index contributed by atoms with van der Waals surface area (Å²) in [7, 11) is 0. The predicted octanol–water partition coefficient (Wildman–Crippen LogP) is 2.54. The minimum Gasteiger partial charge on any atom is -0.369 e. The number of benzene rings is 1. The van der Waals surface area contributed by atoms with Gasteiger partial charge in [-0.15, -0.1) is 0 Å². The number of rotatable bonds is 2. The lowest BCUT2D eigenvalue weighted by Crippen LogP contribution is -2.12. The van der Waals surface area contributed by atoms with E-state index in [2.05, 4.69) is 5.32 Å². The molecule has 4 heteroatoms. The summed E-state index contributed by atoms with van der Waals surface area (Å²) in [6.07, 6.45) is 0. The number of nitrogens with zero attached hydrogens (tertiary/aromatic N) is 2. The van der Waals surface area contributed by atoms with Gasteiger partial charge < -0.3 is 5.32 Å². The molecule has 0 saturated heterocycles. The number of anilines is 1. The quantitative estimate of drug-likeness (QED) is 0.807. The molecular formula is C10H8ClN3. The van der Waals surface area contributed by atoms with Crippen LogP contribution in [0.15, 0.2) is 18.2 Å². The molecular weight excluding hydrogens is 198 g/mol. The molecule has 0 fully saturated rings. The monoisotopic (exact) mass is 205 g/mol. The molecule has 0 bridgehead atoms. The maximum Gasteiger partial charge on any atom is 0.111 e. The Bertz CT molecular complexity index is 414. The van der Waals surface area contributed by atoms with Crippen molar-refractivity contribution in [1.82, 2.24) is 0 Å². The Morgan fingerprint density at radius 1 is 1.43 bits per heavy atom. The van der Waals surface area contributed by atoms with E-state index in [0.29, 0.717) is 16.3 Å². The van der Waals surface area contributed by atoms with Gasteiger partial charge in [-0.3, -0.25) is 0 Å². The first-order valence-corrected chi connectivity index (χ1v) is 4.41. The van der Waals surface area contributed by atoms with Crippen molar-refractivity contribution in [3.63, 3.8) is 0 Å². The van der Waals surface area contributed by atoms with Crippen molar-refractivity contribution in [3.8, 4) is 12.1 Å². The maximum atomic E-state index is 8.60. The van der Waals surface area contributed by atoms with Crippen molar-refractivity contribution in [1.29, 1.82) is 10.5 Å². The van der Waals surface area contributed by atoms with Crippen LogP contribution in [0.25, 0.3) is 0 Å². The van der Waals surface area contributed by atoms with Crippen LogP contribution in [0.1, 0.15) is 12.5 Å². The number of halogens is 1. The van der Waals surface area contributed by atoms with E-state index < -0.39 is 0 Å². The lowest BCUT2D eigenvalue weighted by atomic mass is 10.2. The van der Waals surface area contributed by atoms with E-state index in [-0.39, 0.29) is 6.04 Å². The molecule has 1 N–H and O–H groups in total. The number of hydrogen-bond donors (Lipinski definition) is 1. The average Bonchev–Trinajstić information content (AvgIpc) is 2.20. The van der Waals surface area contributed by atoms with Gasteiger partial charge in [-0.2, -0.15) is 10.5 Å². The molecule has 1 aromatic rings. The second-order valence-corrected chi connectivity index (χ2v) is 3.21. The van der Waals surface area contributed by atoms with Crippen LogP contribution in [0, 0.1) is 22.7 Å². The zero-order valence-electron chi connectivity index (χ0n) is 7.58. The zero-order chi connectivity index (χ0) is 10.6. The Morgan fingerprint density at radius 2 is 2.14 bits per heavy atom. The normalized spacial score (nSPS) is 11.1. The van der Waals surface area contributed by atoms with Gasteiger partial charge in [-0.05, 0) is 25.1 Å². The highest BCUT2D eigenvalue weighted by Crippen LogP contribution is 2.23. The summed E-state index contributed by atoms with van der Waals surface area (Å²) >= 11 is 5.89. The Kier molecular flexibility index (Phi) is 3.34. The molecule has 1 atom stereocenters. The lowest BCUT2D eigenvalue weighted by molar-refractivity contribution is 1.01. The molecule has 14 heavy (non-hydrogen) atoms. The Hall–Kier alpha value is -1.71. The van der Waals surface area contributed by atoms with E-state index >= 15 is 0 Å². The van der Waals surface area contributed by atoms with Crippen LogP contribution in [0.2, 0.25) is 5.02 Å². The maximum absolute atomic E-state index is 8.60. The standard InChI is InChI=1S/C10H8ClN3/c1-7(5-12)14-10-3-2-8(6-13)4-9(10)11/h2-4,7,14H,1H3. The number of hydrogen-bond acceptors (Lipinski definition) is 3. The van der Waals surface area contributed by atoms with Crippen molar-refractivity contribution >= 4 is 17.3 Å². The summed E-state index contributed by atoms with van der Waals surface area (Å²) in [5.74, 6) is 0. The van der Waals surface area contributed by atoms with E-state index in [4.69, 9.17) is 22.1 Å². The van der Waals surface area contributed by atoms with E-state index in [1.807, 2.05) is 12.1 Å². The second kappa shape index (κ2) is 4.50. The van der Waals surface area contributed by atoms with E-state index in [0.717, 1.165) is 0 Å². The summed E-state index contributed by atoms with van der Waals surface area (Å²) in [5.41, 5.74) is 1.17. The van der Waals surface area contributed by atoms with Crippen LogP contribution < -0.4 is 5.32 Å². The van der Waals surface area contributed by atoms with Gasteiger partial charge >= 0.3 is 0 Å². The van der Waals surface area contributed by atoms with Gasteiger partial charge in [0.15, 0.2) is 0 Å². The third-order valence-corrected chi connectivity index (χ3v) is 1.98. The van der Waals surface area contributed by atoms with Crippen LogP contribution in [-0.4, -0.2) is 6.04 Å². The van der Waals surface area contributed by atoms with Crippen molar-refractivity contribution < 1.29 is 0 Å². The van der Waals surface area contributed by atoms with Crippen LogP contribution in [0.3, 0.4) is 0 Å². The third kappa shape index (κ3) is 2.39. The van der Waals surface area contributed by atoms with Crippen LogP contribution in [0.4, 0.5) is 5.69 Å². The van der Waals surface area contributed by atoms with Gasteiger partial charge in [-0.1, -0.05) is 11.6 Å². The van der Waals surface area contributed by atoms with Crippen molar-refractivity contribution in [2.45, 2.75) is 13.0 Å². The van der Waals surface area contributed by atoms with Crippen molar-refractivity contribution in [2.24, 2.45) is 0 Å². The first-order chi connectivity index (χ1) is 6.67. The fourth-order valence-corrected chi connectivity index (χ4v) is 1.20. The Morgan fingerprint density at radius 3 is 2.64 bits per heavy atom. The first-order valence-electron chi connectivity index (χ1n) is 4.03. The minimum absolute atomic E-state index is 0.305. The molecule has 0 amide bonds. The van der Waals surface area contributed by atoms with E-state index in [9.17, 15) is 0 Å². The number of nitrogens with one attached hydrogen (secondary N) is 1.